The lowest BCUT2D eigenvalue weighted by molar-refractivity contribution is 0.0601. The van der Waals surface area contributed by atoms with Gasteiger partial charge in [0.25, 0.3) is 11.8 Å². The molecule has 1 aliphatic heterocycles. The monoisotopic (exact) mass is 434 g/mol. The van der Waals surface area contributed by atoms with Crippen LogP contribution in [0, 0.1) is 0 Å². The van der Waals surface area contributed by atoms with E-state index >= 15 is 0 Å². The van der Waals surface area contributed by atoms with Crippen molar-refractivity contribution >= 4 is 29.1 Å². The molecule has 0 unspecified atom stereocenters. The fourth-order valence-corrected chi connectivity index (χ4v) is 3.94. The van der Waals surface area contributed by atoms with Gasteiger partial charge in [-0.05, 0) is 44.0 Å². The minimum absolute atomic E-state index is 0.0248. The molecule has 1 amide bonds. The Kier molecular flexibility index (Phi) is 5.52. The average molecular weight is 435 g/mol. The van der Waals surface area contributed by atoms with Crippen LogP contribution in [0.3, 0.4) is 0 Å². The Balaban J connectivity index is 1.57. The lowest BCUT2D eigenvalue weighted by Gasteiger charge is -2.37. The van der Waals surface area contributed by atoms with Crippen LogP contribution in [0.15, 0.2) is 35.0 Å². The number of benzene rings is 1. The lowest BCUT2D eigenvalue weighted by atomic mass is 9.92. The minimum atomic E-state index is -0.124. The smallest absolute Gasteiger partial charge is 0.274 e. The maximum absolute atomic E-state index is 13.3. The topological polar surface area (TPSA) is 84.2 Å². The molecule has 2 aromatic heterocycles. The molecule has 1 saturated heterocycles. The van der Waals surface area contributed by atoms with Crippen molar-refractivity contribution in [1.29, 1.82) is 0 Å². The molecular weight excluding hydrogens is 415 g/mol. The lowest BCUT2D eigenvalue weighted by Crippen LogP contribution is -2.45. The molecule has 1 N–H and O–H groups in total. The van der Waals surface area contributed by atoms with Gasteiger partial charge in [0.1, 0.15) is 11.4 Å². The number of amides is 1. The van der Waals surface area contributed by atoms with Gasteiger partial charge in [-0.15, -0.1) is 0 Å². The minimum Gasteiger partial charge on any atom is -0.496 e. The highest BCUT2D eigenvalue weighted by molar-refractivity contribution is 6.31. The molecular formula is C20H20Cl2N4O3. The van der Waals surface area contributed by atoms with Gasteiger partial charge in [0, 0.05) is 29.7 Å². The number of piperidine rings is 1. The molecule has 29 heavy (non-hydrogen) atoms. The second-order valence-corrected chi connectivity index (χ2v) is 7.99. The zero-order valence-electron chi connectivity index (χ0n) is 16.0. The number of aromatic amines is 1. The number of hydrogen-bond donors (Lipinski definition) is 1. The van der Waals surface area contributed by atoms with Crippen LogP contribution in [-0.4, -0.2) is 45.6 Å². The number of hydrogen-bond acceptors (Lipinski definition) is 5. The highest BCUT2D eigenvalue weighted by atomic mass is 35.5. The van der Waals surface area contributed by atoms with E-state index in [1.54, 1.807) is 30.5 Å². The number of H-pyrrole nitrogens is 1. The second kappa shape index (κ2) is 8.08. The molecule has 1 fully saturated rings. The number of nitrogens with one attached hydrogen (secondary N) is 1. The van der Waals surface area contributed by atoms with E-state index in [-0.39, 0.29) is 17.9 Å². The van der Waals surface area contributed by atoms with Crippen molar-refractivity contribution in [3.8, 4) is 17.3 Å². The van der Waals surface area contributed by atoms with E-state index in [2.05, 4.69) is 15.1 Å². The molecule has 9 heteroatoms. The van der Waals surface area contributed by atoms with E-state index in [4.69, 9.17) is 32.5 Å². The molecule has 4 rings (SSSR count). The highest BCUT2D eigenvalue weighted by Crippen LogP contribution is 2.33. The molecule has 0 saturated carbocycles. The Hall–Kier alpha value is -2.51. The van der Waals surface area contributed by atoms with Crippen molar-refractivity contribution in [3.63, 3.8) is 0 Å². The second-order valence-electron chi connectivity index (χ2n) is 7.11. The van der Waals surface area contributed by atoms with Crippen LogP contribution < -0.4 is 4.74 Å². The maximum Gasteiger partial charge on any atom is 0.274 e. The number of carbonyl (C=O) groups is 1. The van der Waals surface area contributed by atoms with Crippen molar-refractivity contribution in [2.75, 3.05) is 13.7 Å². The number of aromatic nitrogens is 3. The quantitative estimate of drug-likeness (QED) is 0.637. The summed E-state index contributed by atoms with van der Waals surface area (Å²) in [6.45, 7) is 2.52. The summed E-state index contributed by atoms with van der Waals surface area (Å²) in [6.07, 6.45) is 3.35. The van der Waals surface area contributed by atoms with E-state index in [1.165, 1.54) is 7.11 Å². The molecule has 0 radical (unpaired) electrons. The van der Waals surface area contributed by atoms with Crippen molar-refractivity contribution in [3.05, 3.63) is 51.9 Å². The van der Waals surface area contributed by atoms with Gasteiger partial charge in [-0.1, -0.05) is 28.4 Å². The number of rotatable bonds is 4. The predicted molar refractivity (Wildman–Crippen MR) is 110 cm³/mol. The van der Waals surface area contributed by atoms with Crippen molar-refractivity contribution in [1.82, 2.24) is 20.0 Å². The summed E-state index contributed by atoms with van der Waals surface area (Å²) in [5, 5.41) is 5.19. The fourth-order valence-electron chi connectivity index (χ4n) is 3.60. The zero-order chi connectivity index (χ0) is 20.5. The zero-order valence-corrected chi connectivity index (χ0v) is 17.5. The van der Waals surface area contributed by atoms with Crippen LogP contribution in [0.1, 0.15) is 41.9 Å². The number of nitrogens with zero attached hydrogens (tertiary/aromatic N) is 3. The maximum atomic E-state index is 13.3. The summed E-state index contributed by atoms with van der Waals surface area (Å²) in [4.78, 5) is 22.6. The van der Waals surface area contributed by atoms with Gasteiger partial charge >= 0.3 is 0 Å². The first-order valence-corrected chi connectivity index (χ1v) is 10.0. The first-order chi connectivity index (χ1) is 14.0. The van der Waals surface area contributed by atoms with Gasteiger partial charge in [0.05, 0.1) is 17.7 Å². The predicted octanol–water partition coefficient (Wildman–Crippen LogP) is 4.79. The molecule has 152 valence electrons. The first kappa shape index (κ1) is 19.8. The van der Waals surface area contributed by atoms with Gasteiger partial charge < -0.3 is 19.1 Å². The Morgan fingerprint density at radius 1 is 1.28 bits per heavy atom. The van der Waals surface area contributed by atoms with Crippen LogP contribution in [0.5, 0.6) is 5.75 Å². The first-order valence-electron chi connectivity index (χ1n) is 9.28. The summed E-state index contributed by atoms with van der Waals surface area (Å²) in [7, 11) is 1.54. The third kappa shape index (κ3) is 3.97. The van der Waals surface area contributed by atoms with E-state index in [0.717, 1.165) is 12.8 Å². The molecule has 0 aliphatic carbocycles. The summed E-state index contributed by atoms with van der Waals surface area (Å²) >= 11 is 12.1. The number of methoxy groups -OCH3 is 1. The number of carbonyl (C=O) groups excluding carboxylic acids is 1. The van der Waals surface area contributed by atoms with Gasteiger partial charge in [0.15, 0.2) is 5.82 Å². The summed E-state index contributed by atoms with van der Waals surface area (Å²) in [5.41, 5.74) is 1.11. The summed E-state index contributed by atoms with van der Waals surface area (Å²) in [6, 6.07) is 6.85. The van der Waals surface area contributed by atoms with Gasteiger partial charge in [-0.25, -0.2) is 0 Å². The van der Waals surface area contributed by atoms with E-state index in [9.17, 15) is 4.79 Å². The Morgan fingerprint density at radius 2 is 2.10 bits per heavy atom. The van der Waals surface area contributed by atoms with Crippen molar-refractivity contribution in [2.45, 2.75) is 31.7 Å². The largest absolute Gasteiger partial charge is 0.496 e. The molecule has 7 nitrogen and oxygen atoms in total. The molecule has 0 bridgehead atoms. The fraction of sp³-hybridized carbons (Fsp3) is 0.350. The molecule has 1 aliphatic rings. The third-order valence-electron chi connectivity index (χ3n) is 5.22. The number of halogens is 2. The Bertz CT molecular complexity index is 1030. The molecule has 3 aromatic rings. The van der Waals surface area contributed by atoms with Crippen molar-refractivity contribution < 1.29 is 14.1 Å². The van der Waals surface area contributed by atoms with Crippen molar-refractivity contribution in [2.24, 2.45) is 0 Å². The van der Waals surface area contributed by atoms with E-state index in [0.29, 0.717) is 45.3 Å². The number of likely N-dealkylation sites (tertiary alicyclic amines) is 1. The molecule has 0 spiro atoms. The number of ether oxygens (including phenoxy) is 1. The summed E-state index contributed by atoms with van der Waals surface area (Å²) in [5.74, 6) is 1.30. The van der Waals surface area contributed by atoms with Gasteiger partial charge in [0.2, 0.25) is 0 Å². The molecule has 3 heterocycles. The van der Waals surface area contributed by atoms with E-state index < -0.39 is 0 Å². The van der Waals surface area contributed by atoms with Crippen LogP contribution >= 0.6 is 23.2 Å². The Morgan fingerprint density at radius 3 is 2.83 bits per heavy atom. The van der Waals surface area contributed by atoms with E-state index in [1.807, 2.05) is 11.8 Å². The van der Waals surface area contributed by atoms with Crippen LogP contribution in [0.25, 0.3) is 11.6 Å². The van der Waals surface area contributed by atoms with Gasteiger partial charge in [-0.2, -0.15) is 4.98 Å². The SMILES string of the molecule is COc1ccc(Cl)cc1C(=O)N1C[C@@H](c2noc(-c3cc(Cl)c[nH]3)n2)CC[C@H]1C. The van der Waals surface area contributed by atoms with Gasteiger partial charge in [-0.3, -0.25) is 4.79 Å². The third-order valence-corrected chi connectivity index (χ3v) is 5.67. The van der Waals surface area contributed by atoms with Crippen LogP contribution in [0.4, 0.5) is 0 Å². The standard InChI is InChI=1S/C20H20Cl2N4O3/c1-11-3-4-12(18-24-19(29-25-18)16-8-14(22)9-23-16)10-26(11)20(27)15-7-13(21)5-6-17(15)28-2/h5-9,11-12,23H,3-4,10H2,1-2H3/t11-,12+/m1/s1. The average Bonchev–Trinajstić information content (AvgIpc) is 3.37. The molecule has 1 aromatic carbocycles. The Labute approximate surface area is 177 Å². The normalized spacial score (nSPS) is 19.4. The van der Waals surface area contributed by atoms with Crippen LogP contribution in [0.2, 0.25) is 10.0 Å². The van der Waals surface area contributed by atoms with Crippen LogP contribution in [-0.2, 0) is 0 Å². The molecule has 2 atom stereocenters. The summed E-state index contributed by atoms with van der Waals surface area (Å²) < 4.78 is 10.7. The highest BCUT2D eigenvalue weighted by Gasteiger charge is 2.34.